The van der Waals surface area contributed by atoms with Gasteiger partial charge in [-0.2, -0.15) is 13.2 Å². The number of hydrogen-bond donors (Lipinski definition) is 0. The second-order valence-electron chi connectivity index (χ2n) is 5.29. The summed E-state index contributed by atoms with van der Waals surface area (Å²) < 4.78 is 42.6. The van der Waals surface area contributed by atoms with Gasteiger partial charge in [-0.15, -0.1) is 0 Å². The number of ether oxygens (including phenoxy) is 1. The summed E-state index contributed by atoms with van der Waals surface area (Å²) in [7, 11) is 0. The molecule has 0 spiro atoms. The molecule has 5 heteroatoms. The summed E-state index contributed by atoms with van der Waals surface area (Å²) in [4.78, 5) is 10.9. The molecule has 1 saturated carbocycles. The molecule has 0 N–H and O–H groups in total. The van der Waals surface area contributed by atoms with Crippen LogP contribution in [0.25, 0.3) is 0 Å². The molecule has 17 heavy (non-hydrogen) atoms. The second-order valence-corrected chi connectivity index (χ2v) is 5.29. The SMILES string of the molecule is CC(=O)OC(C)(C)C1CCC(C(F)(F)F)CC1. The van der Waals surface area contributed by atoms with Crippen molar-refractivity contribution in [3.05, 3.63) is 0 Å². The molecule has 100 valence electrons. The van der Waals surface area contributed by atoms with Gasteiger partial charge < -0.3 is 4.74 Å². The molecule has 2 nitrogen and oxygen atoms in total. The number of esters is 1. The number of halogens is 3. The highest BCUT2D eigenvalue weighted by Crippen LogP contribution is 2.43. The third-order valence-electron chi connectivity index (χ3n) is 3.58. The minimum atomic E-state index is -4.09. The summed E-state index contributed by atoms with van der Waals surface area (Å²) in [6.07, 6.45) is -2.89. The largest absolute Gasteiger partial charge is 0.460 e. The van der Waals surface area contributed by atoms with Crippen molar-refractivity contribution in [3.8, 4) is 0 Å². The fourth-order valence-corrected chi connectivity index (χ4v) is 2.57. The lowest BCUT2D eigenvalue weighted by Gasteiger charge is -2.38. The van der Waals surface area contributed by atoms with Gasteiger partial charge in [0, 0.05) is 6.92 Å². The molecule has 0 amide bonds. The van der Waals surface area contributed by atoms with Crippen molar-refractivity contribution in [3.63, 3.8) is 0 Å². The number of carbonyl (C=O) groups excluding carboxylic acids is 1. The van der Waals surface area contributed by atoms with Crippen LogP contribution in [0.5, 0.6) is 0 Å². The van der Waals surface area contributed by atoms with Gasteiger partial charge in [-0.1, -0.05) is 0 Å². The van der Waals surface area contributed by atoms with Crippen LogP contribution in [0.2, 0.25) is 0 Å². The zero-order valence-electron chi connectivity index (χ0n) is 10.4. The van der Waals surface area contributed by atoms with E-state index in [1.807, 2.05) is 0 Å². The van der Waals surface area contributed by atoms with Crippen molar-refractivity contribution in [2.75, 3.05) is 0 Å². The molecule has 0 radical (unpaired) electrons. The summed E-state index contributed by atoms with van der Waals surface area (Å²) in [6.45, 7) is 4.86. The molecule has 0 aromatic carbocycles. The van der Waals surface area contributed by atoms with E-state index >= 15 is 0 Å². The summed E-state index contributed by atoms with van der Waals surface area (Å²) in [5, 5.41) is 0. The highest BCUT2D eigenvalue weighted by Gasteiger charge is 2.44. The molecular weight excluding hydrogens is 233 g/mol. The lowest BCUT2D eigenvalue weighted by molar-refractivity contribution is -0.191. The van der Waals surface area contributed by atoms with E-state index in [1.54, 1.807) is 13.8 Å². The molecule has 1 fully saturated rings. The van der Waals surface area contributed by atoms with E-state index in [4.69, 9.17) is 4.74 Å². The first-order chi connectivity index (χ1) is 7.63. The predicted octanol–water partition coefficient (Wildman–Crippen LogP) is 3.70. The van der Waals surface area contributed by atoms with Crippen molar-refractivity contribution in [1.29, 1.82) is 0 Å². The lowest BCUT2D eigenvalue weighted by Crippen LogP contribution is -2.40. The zero-order chi connectivity index (χ0) is 13.3. The third-order valence-corrected chi connectivity index (χ3v) is 3.58. The first-order valence-corrected chi connectivity index (χ1v) is 5.89. The Morgan fingerprint density at radius 3 is 1.82 bits per heavy atom. The Morgan fingerprint density at radius 1 is 1.06 bits per heavy atom. The van der Waals surface area contributed by atoms with Crippen molar-refractivity contribution in [1.82, 2.24) is 0 Å². The van der Waals surface area contributed by atoms with Crippen LogP contribution in [0, 0.1) is 11.8 Å². The van der Waals surface area contributed by atoms with Crippen LogP contribution >= 0.6 is 0 Å². The van der Waals surface area contributed by atoms with Gasteiger partial charge in [-0.3, -0.25) is 4.79 Å². The van der Waals surface area contributed by atoms with Crippen LogP contribution in [0.1, 0.15) is 46.5 Å². The number of rotatable bonds is 2. The number of alkyl halides is 3. The highest BCUT2D eigenvalue weighted by molar-refractivity contribution is 5.66. The molecule has 1 aliphatic rings. The third kappa shape index (κ3) is 3.89. The smallest absolute Gasteiger partial charge is 0.391 e. The Bertz CT molecular complexity index is 276. The van der Waals surface area contributed by atoms with Gasteiger partial charge in [-0.25, -0.2) is 0 Å². The molecule has 0 atom stereocenters. The van der Waals surface area contributed by atoms with E-state index < -0.39 is 17.7 Å². The molecule has 1 rings (SSSR count). The molecule has 0 aromatic heterocycles. The summed E-state index contributed by atoms with van der Waals surface area (Å²) in [6, 6.07) is 0. The molecule has 0 saturated heterocycles. The number of hydrogen-bond acceptors (Lipinski definition) is 2. The van der Waals surface area contributed by atoms with Gasteiger partial charge in [0.05, 0.1) is 5.92 Å². The van der Waals surface area contributed by atoms with Gasteiger partial charge in [0.25, 0.3) is 0 Å². The topological polar surface area (TPSA) is 26.3 Å². The molecule has 1 aliphatic carbocycles. The number of carbonyl (C=O) groups is 1. The van der Waals surface area contributed by atoms with Gasteiger partial charge in [0.15, 0.2) is 0 Å². The summed E-state index contributed by atoms with van der Waals surface area (Å²) >= 11 is 0. The summed E-state index contributed by atoms with van der Waals surface area (Å²) in [5.41, 5.74) is -0.664. The minimum Gasteiger partial charge on any atom is -0.460 e. The van der Waals surface area contributed by atoms with Crippen molar-refractivity contribution >= 4 is 5.97 Å². The van der Waals surface area contributed by atoms with Crippen molar-refractivity contribution < 1.29 is 22.7 Å². The van der Waals surface area contributed by atoms with E-state index in [-0.39, 0.29) is 24.7 Å². The van der Waals surface area contributed by atoms with Crippen LogP contribution in [-0.4, -0.2) is 17.7 Å². The molecule has 0 heterocycles. The van der Waals surface area contributed by atoms with Crippen molar-refractivity contribution in [2.45, 2.75) is 58.2 Å². The van der Waals surface area contributed by atoms with Crippen molar-refractivity contribution in [2.24, 2.45) is 11.8 Å². The normalized spacial score (nSPS) is 26.7. The van der Waals surface area contributed by atoms with Gasteiger partial charge in [0.1, 0.15) is 5.60 Å². The average Bonchev–Trinajstić information content (AvgIpc) is 2.14. The average molecular weight is 252 g/mol. The standard InChI is InChI=1S/C12H19F3O2/c1-8(16)17-11(2,3)9-4-6-10(7-5-9)12(13,14)15/h9-10H,4-7H2,1-3H3. The van der Waals surface area contributed by atoms with E-state index in [2.05, 4.69) is 0 Å². The predicted molar refractivity (Wildman–Crippen MR) is 57.3 cm³/mol. The van der Waals surface area contributed by atoms with E-state index in [0.29, 0.717) is 12.8 Å². The molecule has 0 aromatic rings. The van der Waals surface area contributed by atoms with E-state index in [0.717, 1.165) is 0 Å². The maximum absolute atomic E-state index is 12.5. The molecule has 0 bridgehead atoms. The van der Waals surface area contributed by atoms with E-state index in [9.17, 15) is 18.0 Å². The van der Waals surface area contributed by atoms with Crippen LogP contribution in [0.15, 0.2) is 0 Å². The second kappa shape index (κ2) is 4.86. The van der Waals surface area contributed by atoms with Crippen LogP contribution in [-0.2, 0) is 9.53 Å². The maximum atomic E-state index is 12.5. The molecule has 0 aliphatic heterocycles. The maximum Gasteiger partial charge on any atom is 0.391 e. The van der Waals surface area contributed by atoms with Crippen LogP contribution < -0.4 is 0 Å². The van der Waals surface area contributed by atoms with Gasteiger partial charge >= 0.3 is 12.1 Å². The van der Waals surface area contributed by atoms with Gasteiger partial charge in [-0.05, 0) is 45.4 Å². The quantitative estimate of drug-likeness (QED) is 0.700. The van der Waals surface area contributed by atoms with Crippen LogP contribution in [0.3, 0.4) is 0 Å². The van der Waals surface area contributed by atoms with E-state index in [1.165, 1.54) is 6.92 Å². The fraction of sp³-hybridized carbons (Fsp3) is 0.917. The Labute approximate surface area is 99.5 Å². The fourth-order valence-electron chi connectivity index (χ4n) is 2.57. The minimum absolute atomic E-state index is 0.0185. The monoisotopic (exact) mass is 252 g/mol. The Balaban J connectivity index is 2.54. The Kier molecular flexibility index (Phi) is 4.10. The first kappa shape index (κ1) is 14.3. The Hall–Kier alpha value is -0.740. The zero-order valence-corrected chi connectivity index (χ0v) is 10.4. The first-order valence-electron chi connectivity index (χ1n) is 5.89. The molecule has 0 unspecified atom stereocenters. The van der Waals surface area contributed by atoms with Crippen LogP contribution in [0.4, 0.5) is 13.2 Å². The summed E-state index contributed by atoms with van der Waals surface area (Å²) in [5.74, 6) is -1.55. The van der Waals surface area contributed by atoms with Gasteiger partial charge in [0.2, 0.25) is 0 Å². The Morgan fingerprint density at radius 2 is 1.47 bits per heavy atom. The highest BCUT2D eigenvalue weighted by atomic mass is 19.4. The lowest BCUT2D eigenvalue weighted by atomic mass is 9.74. The molecular formula is C12H19F3O2.